The minimum Gasteiger partial charge on any atom is -0.271 e. The van der Waals surface area contributed by atoms with Crippen molar-refractivity contribution in [3.05, 3.63) is 20.8 Å². The maximum absolute atomic E-state index is 6.26. The molecule has 1 aromatic rings. The molecule has 0 amide bonds. The van der Waals surface area contributed by atoms with E-state index in [4.69, 9.17) is 17.4 Å². The summed E-state index contributed by atoms with van der Waals surface area (Å²) in [5.41, 5.74) is 4.03. The summed E-state index contributed by atoms with van der Waals surface area (Å²) in [4.78, 5) is 1.17. The quantitative estimate of drug-likeness (QED) is 0.598. The molecular weight excluding hydrogens is 240 g/mol. The molecule has 0 aromatic carbocycles. The van der Waals surface area contributed by atoms with E-state index in [0.29, 0.717) is 5.92 Å². The molecule has 4 heteroatoms. The maximum Gasteiger partial charge on any atom is 0.0590 e. The number of rotatable bonds is 6. The number of nitrogens with one attached hydrogen (secondary N) is 1. The lowest BCUT2D eigenvalue weighted by Crippen LogP contribution is -2.29. The highest BCUT2D eigenvalue weighted by molar-refractivity contribution is 7.10. The van der Waals surface area contributed by atoms with Crippen molar-refractivity contribution in [3.63, 3.8) is 0 Å². The third-order valence-corrected chi connectivity index (χ3v) is 4.69. The average Bonchev–Trinajstić information content (AvgIpc) is 2.57. The Kier molecular flexibility index (Phi) is 5.76. The van der Waals surface area contributed by atoms with E-state index in [1.165, 1.54) is 17.7 Å². The molecule has 92 valence electrons. The van der Waals surface area contributed by atoms with E-state index in [1.807, 2.05) is 6.92 Å². The second-order valence-electron chi connectivity index (χ2n) is 4.45. The highest BCUT2D eigenvalue weighted by atomic mass is 35.5. The lowest BCUT2D eigenvalue weighted by Gasteiger charge is -2.19. The van der Waals surface area contributed by atoms with Crippen LogP contribution < -0.4 is 11.3 Å². The number of hydrogen-bond acceptors (Lipinski definition) is 3. The van der Waals surface area contributed by atoms with Crippen molar-refractivity contribution in [2.45, 2.75) is 46.1 Å². The largest absolute Gasteiger partial charge is 0.271 e. The summed E-state index contributed by atoms with van der Waals surface area (Å²) in [5, 5.41) is 2.96. The van der Waals surface area contributed by atoms with Gasteiger partial charge in [0.1, 0.15) is 0 Å². The minimum atomic E-state index is 0.188. The Balaban J connectivity index is 2.71. The molecule has 0 aliphatic rings. The second kappa shape index (κ2) is 6.60. The lowest BCUT2D eigenvalue weighted by molar-refractivity contribution is 0.398. The summed E-state index contributed by atoms with van der Waals surface area (Å²) in [5.74, 6) is 6.30. The van der Waals surface area contributed by atoms with E-state index >= 15 is 0 Å². The highest BCUT2D eigenvalue weighted by Crippen LogP contribution is 2.35. The molecule has 0 aliphatic carbocycles. The highest BCUT2D eigenvalue weighted by Gasteiger charge is 2.18. The van der Waals surface area contributed by atoms with Crippen molar-refractivity contribution in [3.8, 4) is 0 Å². The zero-order chi connectivity index (χ0) is 12.1. The first-order chi connectivity index (χ1) is 7.60. The topological polar surface area (TPSA) is 38.0 Å². The first-order valence-electron chi connectivity index (χ1n) is 5.79. The Bertz CT molecular complexity index is 325. The zero-order valence-corrected chi connectivity index (χ0v) is 11.8. The van der Waals surface area contributed by atoms with Crippen molar-refractivity contribution in [1.29, 1.82) is 0 Å². The van der Waals surface area contributed by atoms with Crippen molar-refractivity contribution in [2.75, 3.05) is 0 Å². The summed E-state index contributed by atoms with van der Waals surface area (Å²) in [6, 6.07) is 0.188. The van der Waals surface area contributed by atoms with Gasteiger partial charge in [-0.25, -0.2) is 0 Å². The Labute approximate surface area is 107 Å². The molecule has 0 radical (unpaired) electrons. The molecule has 0 aliphatic heterocycles. The number of halogens is 1. The van der Waals surface area contributed by atoms with Crippen LogP contribution in [-0.2, 0) is 0 Å². The Morgan fingerprint density at radius 1 is 1.56 bits per heavy atom. The average molecular weight is 261 g/mol. The fourth-order valence-corrected chi connectivity index (χ4v) is 3.35. The van der Waals surface area contributed by atoms with Crippen LogP contribution in [0.2, 0.25) is 5.02 Å². The predicted octanol–water partition coefficient (Wildman–Crippen LogP) is 4.04. The normalized spacial score (nSPS) is 15.1. The summed E-state index contributed by atoms with van der Waals surface area (Å²) in [7, 11) is 0. The molecule has 1 rings (SSSR count). The van der Waals surface area contributed by atoms with Gasteiger partial charge in [-0.15, -0.1) is 11.3 Å². The smallest absolute Gasteiger partial charge is 0.0590 e. The monoisotopic (exact) mass is 260 g/mol. The van der Waals surface area contributed by atoms with Gasteiger partial charge < -0.3 is 0 Å². The van der Waals surface area contributed by atoms with E-state index in [1.54, 1.807) is 11.3 Å². The molecule has 1 heterocycles. The summed E-state index contributed by atoms with van der Waals surface area (Å²) < 4.78 is 0. The molecule has 0 saturated heterocycles. The SMILES string of the molecule is CCCC(C)CC(NN)c1scc(C)c1Cl. The molecule has 0 bridgehead atoms. The molecule has 0 fully saturated rings. The third kappa shape index (κ3) is 3.45. The standard InChI is InChI=1S/C12H21ClN2S/c1-4-5-8(2)6-10(15-14)12-11(13)9(3)7-16-12/h7-8,10,15H,4-6,14H2,1-3H3. The number of hydrogen-bond donors (Lipinski definition) is 2. The molecule has 0 spiro atoms. The van der Waals surface area contributed by atoms with Gasteiger partial charge in [0, 0.05) is 4.88 Å². The molecule has 16 heavy (non-hydrogen) atoms. The van der Waals surface area contributed by atoms with Crippen LogP contribution in [0.25, 0.3) is 0 Å². The van der Waals surface area contributed by atoms with E-state index < -0.39 is 0 Å². The second-order valence-corrected chi connectivity index (χ2v) is 5.73. The summed E-state index contributed by atoms with van der Waals surface area (Å²) in [6.45, 7) is 6.51. The van der Waals surface area contributed by atoms with Crippen LogP contribution in [0.3, 0.4) is 0 Å². The van der Waals surface area contributed by atoms with Crippen LogP contribution >= 0.6 is 22.9 Å². The molecule has 0 saturated carbocycles. The molecule has 2 atom stereocenters. The van der Waals surface area contributed by atoms with Crippen molar-refractivity contribution < 1.29 is 0 Å². The first kappa shape index (κ1) is 14.0. The van der Waals surface area contributed by atoms with Gasteiger partial charge in [-0.2, -0.15) is 0 Å². The maximum atomic E-state index is 6.26. The summed E-state index contributed by atoms with van der Waals surface area (Å²) in [6.07, 6.45) is 3.50. The lowest BCUT2D eigenvalue weighted by atomic mass is 9.96. The van der Waals surface area contributed by atoms with Gasteiger partial charge in [0.25, 0.3) is 0 Å². The third-order valence-electron chi connectivity index (χ3n) is 2.86. The van der Waals surface area contributed by atoms with Gasteiger partial charge in [0.15, 0.2) is 0 Å². The number of hydrazine groups is 1. The van der Waals surface area contributed by atoms with E-state index in [2.05, 4.69) is 24.7 Å². The first-order valence-corrected chi connectivity index (χ1v) is 7.05. The predicted molar refractivity (Wildman–Crippen MR) is 72.8 cm³/mol. The van der Waals surface area contributed by atoms with E-state index in [0.717, 1.165) is 17.0 Å². The van der Waals surface area contributed by atoms with Crippen molar-refractivity contribution in [1.82, 2.24) is 5.43 Å². The summed E-state index contributed by atoms with van der Waals surface area (Å²) >= 11 is 7.95. The molecule has 1 aromatic heterocycles. The van der Waals surface area contributed by atoms with Crippen LogP contribution in [0.4, 0.5) is 0 Å². The zero-order valence-electron chi connectivity index (χ0n) is 10.2. The van der Waals surface area contributed by atoms with Gasteiger partial charge >= 0.3 is 0 Å². The number of nitrogens with two attached hydrogens (primary N) is 1. The molecular formula is C12H21ClN2S. The van der Waals surface area contributed by atoms with Crippen LogP contribution in [-0.4, -0.2) is 0 Å². The van der Waals surface area contributed by atoms with Crippen molar-refractivity contribution >= 4 is 22.9 Å². The van der Waals surface area contributed by atoms with E-state index in [9.17, 15) is 0 Å². The van der Waals surface area contributed by atoms with Crippen LogP contribution in [0.1, 0.15) is 49.6 Å². The number of thiophene rings is 1. The van der Waals surface area contributed by atoms with Crippen molar-refractivity contribution in [2.24, 2.45) is 11.8 Å². The molecule has 2 unspecified atom stereocenters. The fourth-order valence-electron chi connectivity index (χ4n) is 1.95. The van der Waals surface area contributed by atoms with Gasteiger partial charge in [0.2, 0.25) is 0 Å². The molecule has 3 N–H and O–H groups in total. The van der Waals surface area contributed by atoms with Gasteiger partial charge in [0.05, 0.1) is 11.1 Å². The van der Waals surface area contributed by atoms with E-state index in [-0.39, 0.29) is 6.04 Å². The Hall–Kier alpha value is -0.0900. The van der Waals surface area contributed by atoms with Gasteiger partial charge in [-0.3, -0.25) is 11.3 Å². The van der Waals surface area contributed by atoms with Crippen LogP contribution in [0, 0.1) is 12.8 Å². The Morgan fingerprint density at radius 3 is 2.69 bits per heavy atom. The number of aryl methyl sites for hydroxylation is 1. The van der Waals surface area contributed by atoms with Gasteiger partial charge in [-0.1, -0.05) is 38.3 Å². The van der Waals surface area contributed by atoms with Gasteiger partial charge in [-0.05, 0) is 30.2 Å². The minimum absolute atomic E-state index is 0.188. The van der Waals surface area contributed by atoms with Crippen LogP contribution in [0.5, 0.6) is 0 Å². The molecule has 2 nitrogen and oxygen atoms in total. The fraction of sp³-hybridized carbons (Fsp3) is 0.667. The Morgan fingerprint density at radius 2 is 2.25 bits per heavy atom. The van der Waals surface area contributed by atoms with Crippen LogP contribution in [0.15, 0.2) is 5.38 Å².